The molecule has 0 atom stereocenters. The predicted molar refractivity (Wildman–Crippen MR) is 116 cm³/mol. The monoisotopic (exact) mass is 404 g/mol. The summed E-state index contributed by atoms with van der Waals surface area (Å²) in [6, 6.07) is 20.1. The Labute approximate surface area is 173 Å². The molecule has 0 saturated carbocycles. The zero-order valence-corrected chi connectivity index (χ0v) is 16.2. The van der Waals surface area contributed by atoms with Gasteiger partial charge in [0.05, 0.1) is 9.85 Å². The highest BCUT2D eigenvalue weighted by Gasteiger charge is 2.22. The molecule has 0 bridgehead atoms. The van der Waals surface area contributed by atoms with E-state index in [1.807, 2.05) is 24.3 Å². The molecule has 30 heavy (non-hydrogen) atoms. The highest BCUT2D eigenvalue weighted by atomic mass is 16.6. The fourth-order valence-electron chi connectivity index (χ4n) is 3.78. The molecule has 0 amide bonds. The molecule has 2 aliphatic rings. The van der Waals surface area contributed by atoms with Crippen LogP contribution in [0.1, 0.15) is 11.1 Å². The second-order valence-corrected chi connectivity index (χ2v) is 7.08. The van der Waals surface area contributed by atoms with Gasteiger partial charge in [0, 0.05) is 54.4 Å². The Kier molecular flexibility index (Phi) is 5.30. The molecule has 2 aliphatic heterocycles. The standard InChI is InChI=1S/C14H12N2O2.C8H8N2O2/c17-16(18)13-6-7-14-11(10-13)8-9-15(14)12-4-2-1-3-5-12;11-10(12)7-1-2-8-6(5-7)3-4-9-8/h1-7,10H,8-9H2;1-2,5,9H,3-4H2. The summed E-state index contributed by atoms with van der Waals surface area (Å²) in [6.45, 7) is 1.76. The quantitative estimate of drug-likeness (QED) is 0.494. The Balaban J connectivity index is 0.000000158. The van der Waals surface area contributed by atoms with Crippen LogP contribution in [0.25, 0.3) is 0 Å². The van der Waals surface area contributed by atoms with Crippen molar-refractivity contribution in [1.82, 2.24) is 0 Å². The number of hydrogen-bond donors (Lipinski definition) is 1. The summed E-state index contributed by atoms with van der Waals surface area (Å²) < 4.78 is 0. The van der Waals surface area contributed by atoms with E-state index in [1.54, 1.807) is 24.3 Å². The molecule has 1 N–H and O–H groups in total. The van der Waals surface area contributed by atoms with E-state index in [-0.39, 0.29) is 21.2 Å². The van der Waals surface area contributed by atoms with Gasteiger partial charge in [0.25, 0.3) is 11.4 Å². The Morgan fingerprint density at radius 1 is 0.800 bits per heavy atom. The first-order valence-electron chi connectivity index (χ1n) is 9.64. The van der Waals surface area contributed by atoms with Crippen LogP contribution in [0, 0.1) is 20.2 Å². The summed E-state index contributed by atoms with van der Waals surface area (Å²) in [5, 5.41) is 24.3. The number of fused-ring (bicyclic) bond motifs is 2. The largest absolute Gasteiger partial charge is 0.384 e. The normalized spacial score (nSPS) is 13.5. The van der Waals surface area contributed by atoms with Crippen LogP contribution in [0.2, 0.25) is 0 Å². The molecule has 3 aromatic rings. The van der Waals surface area contributed by atoms with Gasteiger partial charge in [0.2, 0.25) is 0 Å². The number of hydrogen-bond acceptors (Lipinski definition) is 6. The first-order valence-corrected chi connectivity index (χ1v) is 9.64. The summed E-state index contributed by atoms with van der Waals surface area (Å²) in [6.07, 6.45) is 1.74. The van der Waals surface area contributed by atoms with Gasteiger partial charge in [-0.05, 0) is 48.2 Å². The molecule has 152 valence electrons. The highest BCUT2D eigenvalue weighted by molar-refractivity contribution is 5.71. The summed E-state index contributed by atoms with van der Waals surface area (Å²) in [7, 11) is 0. The van der Waals surface area contributed by atoms with Crippen LogP contribution in [0.4, 0.5) is 28.4 Å². The van der Waals surface area contributed by atoms with Crippen molar-refractivity contribution in [2.75, 3.05) is 23.3 Å². The van der Waals surface area contributed by atoms with Crippen molar-refractivity contribution in [2.45, 2.75) is 12.8 Å². The van der Waals surface area contributed by atoms with Crippen LogP contribution < -0.4 is 10.2 Å². The van der Waals surface area contributed by atoms with E-state index in [2.05, 4.69) is 22.3 Å². The molecule has 0 aliphatic carbocycles. The maximum absolute atomic E-state index is 10.7. The van der Waals surface area contributed by atoms with Crippen LogP contribution >= 0.6 is 0 Å². The zero-order valence-electron chi connectivity index (χ0n) is 16.2. The third kappa shape index (κ3) is 3.93. The van der Waals surface area contributed by atoms with Gasteiger partial charge in [-0.1, -0.05) is 18.2 Å². The van der Waals surface area contributed by atoms with Crippen LogP contribution in [0.3, 0.4) is 0 Å². The van der Waals surface area contributed by atoms with Gasteiger partial charge in [-0.15, -0.1) is 0 Å². The van der Waals surface area contributed by atoms with Crippen molar-refractivity contribution in [1.29, 1.82) is 0 Å². The third-order valence-electron chi connectivity index (χ3n) is 5.25. The maximum Gasteiger partial charge on any atom is 0.269 e. The topological polar surface area (TPSA) is 102 Å². The lowest BCUT2D eigenvalue weighted by atomic mass is 10.1. The van der Waals surface area contributed by atoms with Gasteiger partial charge in [-0.2, -0.15) is 0 Å². The summed E-state index contributed by atoms with van der Waals surface area (Å²) in [5.41, 5.74) is 5.68. The van der Waals surface area contributed by atoms with Crippen molar-refractivity contribution in [2.24, 2.45) is 0 Å². The van der Waals surface area contributed by atoms with Gasteiger partial charge in [-0.3, -0.25) is 20.2 Å². The van der Waals surface area contributed by atoms with E-state index < -0.39 is 0 Å². The molecule has 8 nitrogen and oxygen atoms in total. The SMILES string of the molecule is O=[N+]([O-])c1ccc2c(c1)CCN2.O=[N+]([O-])c1ccc2c(c1)CCN2c1ccccc1. The molecule has 0 unspecified atom stereocenters. The van der Waals surface area contributed by atoms with E-state index in [0.717, 1.165) is 54.1 Å². The lowest BCUT2D eigenvalue weighted by Gasteiger charge is -2.19. The van der Waals surface area contributed by atoms with Crippen molar-refractivity contribution in [3.63, 3.8) is 0 Å². The lowest BCUT2D eigenvalue weighted by Crippen LogP contribution is -2.12. The predicted octanol–water partition coefficient (Wildman–Crippen LogP) is 4.85. The minimum atomic E-state index is -0.362. The van der Waals surface area contributed by atoms with Crippen LogP contribution in [-0.4, -0.2) is 22.9 Å². The summed E-state index contributed by atoms with van der Waals surface area (Å²) in [4.78, 5) is 22.6. The van der Waals surface area contributed by atoms with Crippen LogP contribution in [-0.2, 0) is 12.8 Å². The van der Waals surface area contributed by atoms with Crippen molar-refractivity contribution in [3.05, 3.63) is 98.1 Å². The van der Waals surface area contributed by atoms with E-state index in [4.69, 9.17) is 0 Å². The van der Waals surface area contributed by atoms with Crippen LogP contribution in [0.5, 0.6) is 0 Å². The van der Waals surface area contributed by atoms with E-state index in [9.17, 15) is 20.2 Å². The van der Waals surface area contributed by atoms with Crippen molar-refractivity contribution in [3.8, 4) is 0 Å². The Bertz CT molecular complexity index is 1100. The maximum atomic E-state index is 10.7. The van der Waals surface area contributed by atoms with Gasteiger partial charge in [-0.25, -0.2) is 0 Å². The fourth-order valence-corrected chi connectivity index (χ4v) is 3.78. The Morgan fingerprint density at radius 2 is 1.47 bits per heavy atom. The first-order chi connectivity index (χ1) is 14.5. The molecule has 3 aromatic carbocycles. The molecule has 0 spiro atoms. The van der Waals surface area contributed by atoms with E-state index in [1.165, 1.54) is 6.07 Å². The summed E-state index contributed by atoms with van der Waals surface area (Å²) >= 11 is 0. The molecular formula is C22H20N4O4. The second kappa shape index (κ2) is 8.20. The zero-order chi connectivity index (χ0) is 21.1. The molecule has 5 rings (SSSR count). The number of para-hydroxylation sites is 1. The number of anilines is 3. The molecule has 0 saturated heterocycles. The molecule has 0 aromatic heterocycles. The number of nitrogens with one attached hydrogen (secondary N) is 1. The summed E-state index contributed by atoms with van der Waals surface area (Å²) in [5.74, 6) is 0. The van der Waals surface area contributed by atoms with Crippen molar-refractivity contribution >= 4 is 28.4 Å². The van der Waals surface area contributed by atoms with Crippen molar-refractivity contribution < 1.29 is 9.85 Å². The van der Waals surface area contributed by atoms with E-state index >= 15 is 0 Å². The third-order valence-corrected chi connectivity index (χ3v) is 5.25. The van der Waals surface area contributed by atoms with Gasteiger partial charge < -0.3 is 10.2 Å². The average molecular weight is 404 g/mol. The Hall–Kier alpha value is -3.94. The van der Waals surface area contributed by atoms with Gasteiger partial charge >= 0.3 is 0 Å². The van der Waals surface area contributed by atoms with E-state index in [0.29, 0.717) is 0 Å². The highest BCUT2D eigenvalue weighted by Crippen LogP contribution is 2.36. The van der Waals surface area contributed by atoms with Gasteiger partial charge in [0.15, 0.2) is 0 Å². The smallest absolute Gasteiger partial charge is 0.269 e. The Morgan fingerprint density at radius 3 is 2.17 bits per heavy atom. The molecular weight excluding hydrogens is 384 g/mol. The average Bonchev–Trinajstić information content (AvgIpc) is 3.40. The molecule has 8 heteroatoms. The van der Waals surface area contributed by atoms with Gasteiger partial charge in [0.1, 0.15) is 0 Å². The number of nitrogens with zero attached hydrogens (tertiary/aromatic N) is 3. The number of benzene rings is 3. The first kappa shape index (κ1) is 19.4. The number of nitro groups is 2. The second-order valence-electron chi connectivity index (χ2n) is 7.08. The van der Waals surface area contributed by atoms with Crippen LogP contribution in [0.15, 0.2) is 66.7 Å². The number of non-ortho nitro benzene ring substituents is 2. The lowest BCUT2D eigenvalue weighted by molar-refractivity contribution is -0.385. The minimum absolute atomic E-state index is 0.170. The molecule has 0 radical (unpaired) electrons. The molecule has 0 fully saturated rings. The number of nitro benzene ring substituents is 2. The number of rotatable bonds is 3. The fraction of sp³-hybridized carbons (Fsp3) is 0.182. The molecule has 2 heterocycles. The minimum Gasteiger partial charge on any atom is -0.384 e.